The van der Waals surface area contributed by atoms with Crippen LogP contribution in [0.25, 0.3) is 0 Å². The number of aryl methyl sites for hydroxylation is 1. The van der Waals surface area contributed by atoms with Gasteiger partial charge in [-0.15, -0.1) is 0 Å². The van der Waals surface area contributed by atoms with Crippen LogP contribution in [0.2, 0.25) is 0 Å². The van der Waals surface area contributed by atoms with E-state index in [0.29, 0.717) is 5.92 Å². The van der Waals surface area contributed by atoms with Crippen LogP contribution in [-0.4, -0.2) is 5.54 Å². The second-order valence-corrected chi connectivity index (χ2v) is 6.29. The lowest BCUT2D eigenvalue weighted by atomic mass is 9.88. The van der Waals surface area contributed by atoms with E-state index in [1.54, 1.807) is 11.1 Å². The van der Waals surface area contributed by atoms with E-state index in [1.807, 2.05) is 0 Å². The summed E-state index contributed by atoms with van der Waals surface area (Å²) in [6.07, 6.45) is 8.14. The molecule has 0 aromatic heterocycles. The first-order chi connectivity index (χ1) is 8.32. The van der Waals surface area contributed by atoms with Crippen molar-refractivity contribution in [1.82, 2.24) is 0 Å². The highest BCUT2D eigenvalue weighted by molar-refractivity contribution is 5.41. The molecule has 0 aliphatic heterocycles. The highest BCUT2D eigenvalue weighted by atomic mass is 14.9. The van der Waals surface area contributed by atoms with Crippen molar-refractivity contribution < 1.29 is 0 Å². The van der Waals surface area contributed by atoms with Crippen LogP contribution >= 0.6 is 0 Å². The van der Waals surface area contributed by atoms with Crippen molar-refractivity contribution in [3.05, 3.63) is 35.4 Å². The maximum atomic E-state index is 6.82. The van der Waals surface area contributed by atoms with Gasteiger partial charge in [0.15, 0.2) is 0 Å². The molecular formula is C16H21N. The maximum absolute atomic E-state index is 6.82. The van der Waals surface area contributed by atoms with Crippen LogP contribution < -0.4 is 5.73 Å². The van der Waals surface area contributed by atoms with Crippen LogP contribution in [0.1, 0.15) is 49.1 Å². The second kappa shape index (κ2) is 3.35. The normalized spacial score (nSPS) is 43.0. The lowest BCUT2D eigenvalue weighted by Gasteiger charge is -2.22. The molecule has 2 saturated carbocycles. The fraction of sp³-hybridized carbons (Fsp3) is 0.625. The molecule has 3 atom stereocenters. The van der Waals surface area contributed by atoms with Gasteiger partial charge in [-0.05, 0) is 48.6 Å². The Morgan fingerprint density at radius 2 is 1.71 bits per heavy atom. The highest BCUT2D eigenvalue weighted by Gasteiger charge is 2.66. The third-order valence-corrected chi connectivity index (χ3v) is 5.68. The van der Waals surface area contributed by atoms with Gasteiger partial charge in [-0.3, -0.25) is 0 Å². The summed E-state index contributed by atoms with van der Waals surface area (Å²) in [5.74, 6) is 2.34. The van der Waals surface area contributed by atoms with Gasteiger partial charge in [-0.25, -0.2) is 0 Å². The van der Waals surface area contributed by atoms with Crippen molar-refractivity contribution in [2.24, 2.45) is 17.6 Å². The van der Waals surface area contributed by atoms with Crippen molar-refractivity contribution >= 4 is 0 Å². The summed E-state index contributed by atoms with van der Waals surface area (Å²) in [6, 6.07) is 8.98. The SMILES string of the molecule is NC1(C2CCc3ccccc32)C2CCCCC21. The van der Waals surface area contributed by atoms with Gasteiger partial charge in [-0.1, -0.05) is 37.1 Å². The van der Waals surface area contributed by atoms with Gasteiger partial charge in [0.2, 0.25) is 0 Å². The first-order valence-corrected chi connectivity index (χ1v) is 7.18. The van der Waals surface area contributed by atoms with Gasteiger partial charge in [0.1, 0.15) is 0 Å². The Morgan fingerprint density at radius 1 is 1.00 bits per heavy atom. The van der Waals surface area contributed by atoms with Crippen LogP contribution in [-0.2, 0) is 6.42 Å². The summed E-state index contributed by atoms with van der Waals surface area (Å²) in [6.45, 7) is 0. The molecule has 0 bridgehead atoms. The molecule has 1 aromatic rings. The minimum Gasteiger partial charge on any atom is -0.324 e. The summed E-state index contributed by atoms with van der Waals surface area (Å²) < 4.78 is 0. The monoisotopic (exact) mass is 227 g/mol. The van der Waals surface area contributed by atoms with Crippen LogP contribution in [0, 0.1) is 11.8 Å². The predicted molar refractivity (Wildman–Crippen MR) is 69.9 cm³/mol. The number of hydrogen-bond donors (Lipinski definition) is 1. The molecule has 1 heteroatoms. The average molecular weight is 227 g/mol. The minimum atomic E-state index is 0.170. The van der Waals surface area contributed by atoms with E-state index < -0.39 is 0 Å². The zero-order valence-corrected chi connectivity index (χ0v) is 10.4. The predicted octanol–water partition coefficient (Wildman–Crippen LogP) is 3.23. The Hall–Kier alpha value is -0.820. The summed E-state index contributed by atoms with van der Waals surface area (Å²) in [5.41, 5.74) is 10.1. The van der Waals surface area contributed by atoms with Crippen molar-refractivity contribution in [1.29, 1.82) is 0 Å². The molecule has 3 aliphatic rings. The molecule has 90 valence electrons. The summed E-state index contributed by atoms with van der Waals surface area (Å²) >= 11 is 0. The molecule has 2 N–H and O–H groups in total. The molecule has 1 nitrogen and oxygen atoms in total. The third kappa shape index (κ3) is 1.24. The number of benzene rings is 1. The number of rotatable bonds is 1. The van der Waals surface area contributed by atoms with E-state index in [4.69, 9.17) is 5.73 Å². The number of hydrogen-bond acceptors (Lipinski definition) is 1. The molecule has 17 heavy (non-hydrogen) atoms. The molecule has 0 heterocycles. The fourth-order valence-electron chi connectivity index (χ4n) is 4.81. The highest BCUT2D eigenvalue weighted by Crippen LogP contribution is 2.64. The summed E-state index contributed by atoms with van der Waals surface area (Å²) in [4.78, 5) is 0. The number of nitrogens with two attached hydrogens (primary N) is 1. The molecule has 4 rings (SSSR count). The van der Waals surface area contributed by atoms with Crippen LogP contribution in [0.4, 0.5) is 0 Å². The van der Waals surface area contributed by atoms with Crippen molar-refractivity contribution in [3.63, 3.8) is 0 Å². The van der Waals surface area contributed by atoms with Gasteiger partial charge in [0, 0.05) is 11.5 Å². The molecule has 0 spiro atoms. The zero-order valence-electron chi connectivity index (χ0n) is 10.4. The van der Waals surface area contributed by atoms with E-state index >= 15 is 0 Å². The quantitative estimate of drug-likeness (QED) is 0.783. The van der Waals surface area contributed by atoms with E-state index in [9.17, 15) is 0 Å². The van der Waals surface area contributed by atoms with Crippen molar-refractivity contribution in [3.8, 4) is 0 Å². The van der Waals surface area contributed by atoms with E-state index in [1.165, 1.54) is 38.5 Å². The standard InChI is InChI=1S/C16H21N/c17-16(14-7-3-4-8-15(14)16)13-10-9-11-5-1-2-6-12(11)13/h1-2,5-6,13-15H,3-4,7-10,17H2. The topological polar surface area (TPSA) is 26.0 Å². The maximum Gasteiger partial charge on any atom is 0.0287 e. The average Bonchev–Trinajstić information content (AvgIpc) is 2.80. The molecular weight excluding hydrogens is 206 g/mol. The van der Waals surface area contributed by atoms with Crippen molar-refractivity contribution in [2.45, 2.75) is 50.0 Å². The van der Waals surface area contributed by atoms with E-state index in [0.717, 1.165) is 11.8 Å². The van der Waals surface area contributed by atoms with E-state index in [2.05, 4.69) is 24.3 Å². The van der Waals surface area contributed by atoms with Crippen molar-refractivity contribution in [2.75, 3.05) is 0 Å². The Morgan fingerprint density at radius 3 is 2.47 bits per heavy atom. The van der Waals surface area contributed by atoms with Gasteiger partial charge in [-0.2, -0.15) is 0 Å². The largest absolute Gasteiger partial charge is 0.324 e. The minimum absolute atomic E-state index is 0.170. The van der Waals surface area contributed by atoms with Gasteiger partial charge in [0.25, 0.3) is 0 Å². The Bertz CT molecular complexity index is 439. The van der Waals surface area contributed by atoms with Crippen LogP contribution in [0.5, 0.6) is 0 Å². The van der Waals surface area contributed by atoms with Gasteiger partial charge >= 0.3 is 0 Å². The van der Waals surface area contributed by atoms with Crippen LogP contribution in [0.3, 0.4) is 0 Å². The Kier molecular flexibility index (Phi) is 2.00. The third-order valence-electron chi connectivity index (χ3n) is 5.68. The zero-order chi connectivity index (χ0) is 11.5. The molecule has 3 unspecified atom stereocenters. The fourth-order valence-corrected chi connectivity index (χ4v) is 4.81. The van der Waals surface area contributed by atoms with E-state index in [-0.39, 0.29) is 5.54 Å². The van der Waals surface area contributed by atoms with Crippen LogP contribution in [0.15, 0.2) is 24.3 Å². The second-order valence-electron chi connectivity index (χ2n) is 6.29. The molecule has 1 aromatic carbocycles. The Labute approximate surface area is 103 Å². The smallest absolute Gasteiger partial charge is 0.0287 e. The summed E-state index contributed by atoms with van der Waals surface area (Å²) in [7, 11) is 0. The number of fused-ring (bicyclic) bond motifs is 2. The first-order valence-electron chi connectivity index (χ1n) is 7.18. The Balaban J connectivity index is 1.69. The molecule has 0 amide bonds. The molecule has 3 aliphatic carbocycles. The lowest BCUT2D eigenvalue weighted by molar-refractivity contribution is 0.456. The summed E-state index contributed by atoms with van der Waals surface area (Å²) in [5, 5.41) is 0. The molecule has 2 fully saturated rings. The molecule has 0 radical (unpaired) electrons. The lowest BCUT2D eigenvalue weighted by Crippen LogP contribution is -2.33. The van der Waals surface area contributed by atoms with Gasteiger partial charge < -0.3 is 5.73 Å². The first kappa shape index (κ1) is 10.1. The van der Waals surface area contributed by atoms with Gasteiger partial charge in [0.05, 0.1) is 0 Å². The molecule has 0 saturated heterocycles.